The minimum atomic E-state index is -0.313. The van der Waals surface area contributed by atoms with E-state index in [1.54, 1.807) is 35.0 Å². The van der Waals surface area contributed by atoms with Crippen molar-refractivity contribution in [1.29, 1.82) is 0 Å². The summed E-state index contributed by atoms with van der Waals surface area (Å²) in [7, 11) is 0. The molecule has 0 saturated carbocycles. The van der Waals surface area contributed by atoms with Gasteiger partial charge in [0.1, 0.15) is 17.2 Å². The molecule has 0 bridgehead atoms. The molecule has 6 nitrogen and oxygen atoms in total. The van der Waals surface area contributed by atoms with Crippen molar-refractivity contribution in [2.75, 3.05) is 19.6 Å². The molecule has 0 amide bonds. The largest absolute Gasteiger partial charge is 0.456 e. The van der Waals surface area contributed by atoms with Gasteiger partial charge in [0, 0.05) is 29.4 Å². The normalized spacial score (nSPS) is 14.1. The van der Waals surface area contributed by atoms with Crippen molar-refractivity contribution in [3.05, 3.63) is 83.2 Å². The zero-order chi connectivity index (χ0) is 22.4. The summed E-state index contributed by atoms with van der Waals surface area (Å²) in [6.07, 6.45) is 6.15. The first-order valence-corrected chi connectivity index (χ1v) is 11.3. The molecular weight excluding hydrogens is 455 g/mol. The van der Waals surface area contributed by atoms with Crippen molar-refractivity contribution < 1.29 is 8.81 Å². The first kappa shape index (κ1) is 22.4. The lowest BCUT2D eigenvalue weighted by atomic mass is 10.1. The lowest BCUT2D eigenvalue weighted by molar-refractivity contribution is 0.318. The predicted octanol–water partition coefficient (Wildman–Crippen LogP) is 5.26. The first-order valence-electron chi connectivity index (χ1n) is 11.3. The zero-order valence-electron chi connectivity index (χ0n) is 18.5. The zero-order valence-corrected chi connectivity index (χ0v) is 19.3. The molecule has 4 heterocycles. The molecule has 1 fully saturated rings. The van der Waals surface area contributed by atoms with Crippen LogP contribution in [0.1, 0.15) is 12.8 Å². The van der Waals surface area contributed by atoms with Crippen molar-refractivity contribution in [3.63, 3.8) is 0 Å². The number of fused-ring (bicyclic) bond motifs is 2. The lowest BCUT2D eigenvalue weighted by Crippen LogP contribution is -2.24. The SMILES string of the molecule is Cl.O=c1c2cc(-c3ccc(F)cc3)oc2ccn1-c1ccc2c(cnn2CCN2CCCC2)c1. The van der Waals surface area contributed by atoms with Gasteiger partial charge in [-0.05, 0) is 80.5 Å². The van der Waals surface area contributed by atoms with E-state index >= 15 is 0 Å². The fraction of sp³-hybridized carbons (Fsp3) is 0.231. The van der Waals surface area contributed by atoms with Crippen LogP contribution in [0.5, 0.6) is 0 Å². The molecule has 0 unspecified atom stereocenters. The van der Waals surface area contributed by atoms with E-state index in [1.165, 1.54) is 38.1 Å². The van der Waals surface area contributed by atoms with Gasteiger partial charge < -0.3 is 9.32 Å². The third kappa shape index (κ3) is 4.02. The third-order valence-electron chi connectivity index (χ3n) is 6.44. The van der Waals surface area contributed by atoms with Crippen LogP contribution in [0.3, 0.4) is 0 Å². The van der Waals surface area contributed by atoms with Gasteiger partial charge in [0.2, 0.25) is 0 Å². The molecule has 0 atom stereocenters. The van der Waals surface area contributed by atoms with Crippen molar-refractivity contribution >= 4 is 34.3 Å². The van der Waals surface area contributed by atoms with Crippen LogP contribution in [-0.2, 0) is 6.54 Å². The standard InChI is InChI=1S/C26H23FN4O2.ClH/c27-20-5-3-18(4-6-20)25-16-22-24(33-25)9-12-30(26(22)32)21-7-8-23-19(15-21)17-28-31(23)14-13-29-10-1-2-11-29;/h3-9,12,15-17H,1-2,10-11,13-14H2;1H. The topological polar surface area (TPSA) is 56.2 Å². The highest BCUT2D eigenvalue weighted by Gasteiger charge is 2.14. The second-order valence-electron chi connectivity index (χ2n) is 8.55. The molecule has 2 aromatic carbocycles. The summed E-state index contributed by atoms with van der Waals surface area (Å²) in [6.45, 7) is 4.21. The molecule has 0 N–H and O–H groups in total. The van der Waals surface area contributed by atoms with E-state index in [4.69, 9.17) is 4.42 Å². The van der Waals surface area contributed by atoms with Crippen molar-refractivity contribution in [1.82, 2.24) is 19.2 Å². The van der Waals surface area contributed by atoms with E-state index in [0.717, 1.165) is 35.2 Å². The lowest BCUT2D eigenvalue weighted by Gasteiger charge is -2.14. The second-order valence-corrected chi connectivity index (χ2v) is 8.55. The highest BCUT2D eigenvalue weighted by molar-refractivity contribution is 5.85. The smallest absolute Gasteiger partial charge is 0.266 e. The van der Waals surface area contributed by atoms with E-state index in [-0.39, 0.29) is 23.8 Å². The molecule has 1 aliphatic heterocycles. The third-order valence-corrected chi connectivity index (χ3v) is 6.44. The number of furan rings is 1. The Kier molecular flexibility index (Phi) is 5.98. The number of nitrogens with zero attached hydrogens (tertiary/aromatic N) is 4. The summed E-state index contributed by atoms with van der Waals surface area (Å²) < 4.78 is 22.8. The Morgan fingerprint density at radius 1 is 0.971 bits per heavy atom. The number of hydrogen-bond acceptors (Lipinski definition) is 4. The fourth-order valence-electron chi connectivity index (χ4n) is 4.64. The Hall–Kier alpha value is -3.42. The molecule has 6 rings (SSSR count). The van der Waals surface area contributed by atoms with Crippen LogP contribution in [0.4, 0.5) is 4.39 Å². The van der Waals surface area contributed by atoms with Crippen LogP contribution in [0, 0.1) is 5.82 Å². The quantitative estimate of drug-likeness (QED) is 0.346. The summed E-state index contributed by atoms with van der Waals surface area (Å²) in [5.41, 5.74) is 2.91. The van der Waals surface area contributed by atoms with E-state index in [2.05, 4.69) is 10.00 Å². The van der Waals surface area contributed by atoms with Gasteiger partial charge in [-0.2, -0.15) is 5.10 Å². The van der Waals surface area contributed by atoms with E-state index in [0.29, 0.717) is 16.7 Å². The van der Waals surface area contributed by atoms with Gasteiger partial charge in [-0.15, -0.1) is 12.4 Å². The number of pyridine rings is 1. The molecular formula is C26H24ClFN4O2. The van der Waals surface area contributed by atoms with Crippen LogP contribution >= 0.6 is 12.4 Å². The van der Waals surface area contributed by atoms with Gasteiger partial charge in [-0.25, -0.2) is 4.39 Å². The predicted molar refractivity (Wildman–Crippen MR) is 133 cm³/mol. The molecule has 5 aromatic rings. The maximum absolute atomic E-state index is 13.2. The van der Waals surface area contributed by atoms with Crippen molar-refractivity contribution in [2.45, 2.75) is 19.4 Å². The van der Waals surface area contributed by atoms with E-state index in [1.807, 2.05) is 29.1 Å². The average molecular weight is 479 g/mol. The van der Waals surface area contributed by atoms with Gasteiger partial charge in [-0.1, -0.05) is 0 Å². The molecule has 1 aliphatic rings. The summed E-state index contributed by atoms with van der Waals surface area (Å²) >= 11 is 0. The van der Waals surface area contributed by atoms with Gasteiger partial charge in [-0.3, -0.25) is 14.0 Å². The summed E-state index contributed by atoms with van der Waals surface area (Å²) in [4.78, 5) is 15.7. The Morgan fingerprint density at radius 3 is 2.56 bits per heavy atom. The fourth-order valence-corrected chi connectivity index (χ4v) is 4.64. The minimum absolute atomic E-state index is 0. The average Bonchev–Trinajstić information content (AvgIpc) is 3.58. The molecule has 174 valence electrons. The van der Waals surface area contributed by atoms with E-state index in [9.17, 15) is 9.18 Å². The van der Waals surface area contributed by atoms with Gasteiger partial charge >= 0.3 is 0 Å². The Morgan fingerprint density at radius 2 is 1.76 bits per heavy atom. The monoisotopic (exact) mass is 478 g/mol. The number of aromatic nitrogens is 3. The van der Waals surface area contributed by atoms with Crippen LogP contribution in [0.25, 0.3) is 38.9 Å². The Balaban J connectivity index is 0.00000241. The van der Waals surface area contributed by atoms with Crippen LogP contribution in [0.15, 0.2) is 76.2 Å². The van der Waals surface area contributed by atoms with E-state index < -0.39 is 0 Å². The van der Waals surface area contributed by atoms with Gasteiger partial charge in [0.25, 0.3) is 5.56 Å². The summed E-state index contributed by atoms with van der Waals surface area (Å²) in [6, 6.07) is 15.5. The summed E-state index contributed by atoms with van der Waals surface area (Å²) in [5, 5.41) is 6.05. The number of halogens is 2. The number of benzene rings is 2. The maximum Gasteiger partial charge on any atom is 0.266 e. The van der Waals surface area contributed by atoms with Crippen LogP contribution < -0.4 is 5.56 Å². The second kappa shape index (κ2) is 9.08. The van der Waals surface area contributed by atoms with Crippen LogP contribution in [-0.4, -0.2) is 38.9 Å². The first-order chi connectivity index (χ1) is 16.2. The highest BCUT2D eigenvalue weighted by Crippen LogP contribution is 2.27. The maximum atomic E-state index is 13.2. The molecule has 0 aliphatic carbocycles. The Bertz CT molecular complexity index is 1510. The number of hydrogen-bond donors (Lipinski definition) is 0. The van der Waals surface area contributed by atoms with Gasteiger partial charge in [0.05, 0.1) is 23.6 Å². The molecule has 0 radical (unpaired) electrons. The molecule has 8 heteroatoms. The number of likely N-dealkylation sites (tertiary alicyclic amines) is 1. The minimum Gasteiger partial charge on any atom is -0.456 e. The highest BCUT2D eigenvalue weighted by atomic mass is 35.5. The molecule has 0 spiro atoms. The molecule has 3 aromatic heterocycles. The number of rotatable bonds is 5. The Labute approximate surface area is 201 Å². The molecule has 34 heavy (non-hydrogen) atoms. The van der Waals surface area contributed by atoms with Crippen LogP contribution in [0.2, 0.25) is 0 Å². The summed E-state index contributed by atoms with van der Waals surface area (Å²) in [5.74, 6) is 0.224. The van der Waals surface area contributed by atoms with Crippen molar-refractivity contribution in [2.24, 2.45) is 0 Å². The van der Waals surface area contributed by atoms with Crippen molar-refractivity contribution in [3.8, 4) is 17.0 Å². The van der Waals surface area contributed by atoms with Gasteiger partial charge in [0.15, 0.2) is 0 Å². The molecule has 1 saturated heterocycles.